The zero-order valence-electron chi connectivity index (χ0n) is 24.2. The minimum Gasteiger partial charge on any atom is -0.496 e. The van der Waals surface area contributed by atoms with Gasteiger partial charge in [0.15, 0.2) is 11.3 Å². The Bertz CT molecular complexity index is 1820. The van der Waals surface area contributed by atoms with E-state index in [-0.39, 0.29) is 17.0 Å². The summed E-state index contributed by atoms with van der Waals surface area (Å²) in [5.74, 6) is 1.01. The van der Waals surface area contributed by atoms with Gasteiger partial charge in [0.05, 0.1) is 13.7 Å². The molecule has 0 spiro atoms. The van der Waals surface area contributed by atoms with E-state index < -0.39 is 5.60 Å². The quantitative estimate of drug-likeness (QED) is 0.217. The molecule has 43 heavy (non-hydrogen) atoms. The zero-order valence-corrected chi connectivity index (χ0v) is 25.0. The molecule has 0 bridgehead atoms. The lowest BCUT2D eigenvalue weighted by atomic mass is 9.87. The van der Waals surface area contributed by atoms with Crippen LogP contribution in [0, 0.1) is 29.2 Å². The number of methoxy groups -OCH3 is 1. The Balaban J connectivity index is 1.33. The second-order valence-corrected chi connectivity index (χ2v) is 12.0. The second kappa shape index (κ2) is 11.7. The lowest BCUT2D eigenvalue weighted by Crippen LogP contribution is -2.34. The van der Waals surface area contributed by atoms with Crippen LogP contribution in [0.1, 0.15) is 51.8 Å². The SMILES string of the molecule is [C-]#[N+]C1=C(/C=C/c2ccc(/C=C/c3cc4c5c(c3OC)CCCN5CCC4)s2)C(C)(c2ccccc2)OC1=C(C#N)C#N. The Morgan fingerprint density at radius 2 is 1.72 bits per heavy atom. The van der Waals surface area contributed by atoms with Gasteiger partial charge in [0.1, 0.15) is 23.5 Å². The average molecular weight is 583 g/mol. The van der Waals surface area contributed by atoms with E-state index >= 15 is 0 Å². The molecular weight excluding hydrogens is 552 g/mol. The molecule has 3 aliphatic rings. The van der Waals surface area contributed by atoms with E-state index in [1.165, 1.54) is 23.2 Å². The molecule has 212 valence electrons. The summed E-state index contributed by atoms with van der Waals surface area (Å²) in [5, 5.41) is 19.1. The van der Waals surface area contributed by atoms with Gasteiger partial charge >= 0.3 is 0 Å². The molecule has 3 aromatic rings. The van der Waals surface area contributed by atoms with Gasteiger partial charge in [-0.2, -0.15) is 10.5 Å². The standard InChI is InChI=1S/C36H30N4O2S/c1-36(27-10-5-4-6-11-27)31(32(39-2)35(42-36)26(22-37)23-38)18-17-29-16-15-28(43-29)14-13-25-21-24-9-7-19-40-20-8-12-30(33(24)40)34(25)41-3/h4-6,10-11,13-18,21H,7-9,12,19-20H2,1,3H3/b14-13+,18-17+. The first kappa shape index (κ1) is 28.1. The van der Waals surface area contributed by atoms with Gasteiger partial charge in [-0.15, -0.1) is 11.3 Å². The Morgan fingerprint density at radius 1 is 1.02 bits per heavy atom. The van der Waals surface area contributed by atoms with Gasteiger partial charge in [-0.1, -0.05) is 36.4 Å². The van der Waals surface area contributed by atoms with Crippen LogP contribution in [0.2, 0.25) is 0 Å². The van der Waals surface area contributed by atoms with Crippen LogP contribution in [0.5, 0.6) is 5.75 Å². The van der Waals surface area contributed by atoms with Crippen LogP contribution < -0.4 is 9.64 Å². The molecule has 0 saturated carbocycles. The molecule has 6 rings (SSSR count). The highest BCUT2D eigenvalue weighted by Crippen LogP contribution is 2.48. The third-order valence-electron chi connectivity index (χ3n) is 8.37. The van der Waals surface area contributed by atoms with Gasteiger partial charge in [0, 0.05) is 45.2 Å². The Kier molecular flexibility index (Phi) is 7.64. The number of aryl methyl sites for hydroxylation is 1. The summed E-state index contributed by atoms with van der Waals surface area (Å²) in [4.78, 5) is 8.34. The number of allylic oxidation sites excluding steroid dienone is 1. The average Bonchev–Trinajstić information content (AvgIpc) is 3.62. The first-order valence-electron chi connectivity index (χ1n) is 14.4. The van der Waals surface area contributed by atoms with Gasteiger partial charge in [0.25, 0.3) is 0 Å². The fraction of sp³-hybridized carbons (Fsp3) is 0.250. The molecule has 1 aromatic heterocycles. The van der Waals surface area contributed by atoms with E-state index in [1.54, 1.807) is 18.4 Å². The van der Waals surface area contributed by atoms with Crippen molar-refractivity contribution in [1.82, 2.24) is 0 Å². The summed E-state index contributed by atoms with van der Waals surface area (Å²) in [7, 11) is 1.77. The van der Waals surface area contributed by atoms with Crippen molar-refractivity contribution in [3.05, 3.63) is 121 Å². The van der Waals surface area contributed by atoms with E-state index in [4.69, 9.17) is 16.0 Å². The fourth-order valence-corrected chi connectivity index (χ4v) is 7.19. The van der Waals surface area contributed by atoms with Crippen molar-refractivity contribution < 1.29 is 9.47 Å². The summed E-state index contributed by atoms with van der Waals surface area (Å²) < 4.78 is 12.2. The Labute approximate surface area is 256 Å². The molecule has 0 amide bonds. The molecule has 0 radical (unpaired) electrons. The maximum atomic E-state index is 9.54. The van der Waals surface area contributed by atoms with E-state index in [2.05, 4.69) is 34.0 Å². The summed E-state index contributed by atoms with van der Waals surface area (Å²) in [5.41, 5.74) is 5.67. The summed E-state index contributed by atoms with van der Waals surface area (Å²) >= 11 is 1.64. The maximum Gasteiger partial charge on any atom is 0.237 e. The number of ether oxygens (including phenoxy) is 2. The van der Waals surface area contributed by atoms with Crippen LogP contribution in [-0.2, 0) is 23.2 Å². The van der Waals surface area contributed by atoms with Crippen molar-refractivity contribution in [1.29, 1.82) is 10.5 Å². The van der Waals surface area contributed by atoms with E-state index in [1.807, 2.05) is 67.6 Å². The summed E-state index contributed by atoms with van der Waals surface area (Å²) in [6.07, 6.45) is 12.6. The lowest BCUT2D eigenvalue weighted by Gasteiger charge is -2.38. The minimum absolute atomic E-state index is 0.0296. The fourth-order valence-electron chi connectivity index (χ4n) is 6.38. The molecule has 0 aliphatic carbocycles. The van der Waals surface area contributed by atoms with E-state index in [0.29, 0.717) is 5.57 Å². The summed E-state index contributed by atoms with van der Waals surface area (Å²) in [6, 6.07) is 19.8. The largest absolute Gasteiger partial charge is 0.496 e. The topological polar surface area (TPSA) is 73.6 Å². The van der Waals surface area contributed by atoms with Crippen molar-refractivity contribution >= 4 is 35.3 Å². The number of thiophene rings is 1. The zero-order chi connectivity index (χ0) is 30.0. The molecule has 2 aromatic carbocycles. The maximum absolute atomic E-state index is 9.54. The van der Waals surface area contributed by atoms with E-state index in [0.717, 1.165) is 59.0 Å². The molecular formula is C36H30N4O2S. The van der Waals surface area contributed by atoms with Crippen molar-refractivity contribution in [2.24, 2.45) is 0 Å². The molecule has 1 atom stereocenters. The first-order valence-corrected chi connectivity index (χ1v) is 15.2. The van der Waals surface area contributed by atoms with Gasteiger partial charge in [-0.3, -0.25) is 0 Å². The number of nitriles is 2. The molecule has 3 aliphatic heterocycles. The van der Waals surface area contributed by atoms with Crippen LogP contribution in [0.4, 0.5) is 5.69 Å². The number of hydrogen-bond acceptors (Lipinski definition) is 6. The Hall–Kier alpha value is -5.03. The highest BCUT2D eigenvalue weighted by Gasteiger charge is 2.43. The minimum atomic E-state index is -1.02. The normalized spacial score (nSPS) is 19.1. The van der Waals surface area contributed by atoms with Gasteiger partial charge in [-0.25, -0.2) is 4.85 Å². The summed E-state index contributed by atoms with van der Waals surface area (Å²) in [6.45, 7) is 12.0. The highest BCUT2D eigenvalue weighted by molar-refractivity contribution is 7.13. The van der Waals surface area contributed by atoms with Gasteiger partial charge in [-0.05, 0) is 80.2 Å². The molecule has 0 N–H and O–H groups in total. The van der Waals surface area contributed by atoms with E-state index in [9.17, 15) is 10.5 Å². The number of benzene rings is 2. The van der Waals surface area contributed by atoms with Crippen molar-refractivity contribution in [3.63, 3.8) is 0 Å². The lowest BCUT2D eigenvalue weighted by molar-refractivity contribution is 0.0755. The van der Waals surface area contributed by atoms with Crippen LogP contribution in [0.25, 0.3) is 23.1 Å². The monoisotopic (exact) mass is 582 g/mol. The third kappa shape index (κ3) is 5.01. The highest BCUT2D eigenvalue weighted by atomic mass is 32.1. The first-order chi connectivity index (χ1) is 21.0. The Morgan fingerprint density at radius 3 is 2.40 bits per heavy atom. The molecule has 7 heteroatoms. The molecule has 1 unspecified atom stereocenters. The smallest absolute Gasteiger partial charge is 0.237 e. The molecule has 0 saturated heterocycles. The number of nitrogens with zero attached hydrogens (tertiary/aromatic N) is 4. The van der Waals surface area contributed by atoms with Crippen LogP contribution in [0.3, 0.4) is 0 Å². The van der Waals surface area contributed by atoms with Gasteiger partial charge < -0.3 is 14.4 Å². The van der Waals surface area contributed by atoms with Gasteiger partial charge in [0.2, 0.25) is 5.70 Å². The predicted octanol–water partition coefficient (Wildman–Crippen LogP) is 8.06. The van der Waals surface area contributed by atoms with Crippen LogP contribution in [-0.4, -0.2) is 20.2 Å². The predicted molar refractivity (Wildman–Crippen MR) is 171 cm³/mol. The number of rotatable bonds is 6. The second-order valence-electron chi connectivity index (χ2n) is 10.9. The van der Waals surface area contributed by atoms with Crippen molar-refractivity contribution in [2.75, 3.05) is 25.1 Å². The van der Waals surface area contributed by atoms with Crippen LogP contribution in [0.15, 0.2) is 77.2 Å². The molecule has 4 heterocycles. The number of hydrogen-bond donors (Lipinski definition) is 0. The molecule has 6 nitrogen and oxygen atoms in total. The molecule has 0 fully saturated rings. The van der Waals surface area contributed by atoms with Crippen molar-refractivity contribution in [3.8, 4) is 17.9 Å². The number of anilines is 1. The third-order valence-corrected chi connectivity index (χ3v) is 9.39. The van der Waals surface area contributed by atoms with Crippen molar-refractivity contribution in [2.45, 2.75) is 38.2 Å². The van der Waals surface area contributed by atoms with Crippen LogP contribution >= 0.6 is 11.3 Å².